The summed E-state index contributed by atoms with van der Waals surface area (Å²) in [5.74, 6) is -1.36. The van der Waals surface area contributed by atoms with Gasteiger partial charge in [-0.15, -0.1) is 0 Å². The van der Waals surface area contributed by atoms with Gasteiger partial charge in [-0.3, -0.25) is 14.6 Å². The van der Waals surface area contributed by atoms with E-state index >= 15 is 0 Å². The number of aromatic nitrogens is 1. The topological polar surface area (TPSA) is 83.5 Å². The van der Waals surface area contributed by atoms with Gasteiger partial charge in [-0.2, -0.15) is 5.10 Å². The van der Waals surface area contributed by atoms with Crippen LogP contribution in [0.4, 0.5) is 0 Å². The molecule has 0 atom stereocenters. The fraction of sp³-hybridized carbons (Fsp3) is 0.385. The molecule has 2 amide bonds. The summed E-state index contributed by atoms with van der Waals surface area (Å²) in [6.07, 6.45) is 8.80. The molecule has 1 aromatic heterocycles. The number of rotatable bonds is 3. The Morgan fingerprint density at radius 1 is 1.21 bits per heavy atom. The molecule has 2 rings (SSSR count). The van der Waals surface area contributed by atoms with Gasteiger partial charge in [0.2, 0.25) is 0 Å². The van der Waals surface area contributed by atoms with Crippen LogP contribution >= 0.6 is 0 Å². The molecular formula is C13H16N4O2. The van der Waals surface area contributed by atoms with Crippen molar-refractivity contribution in [3.8, 4) is 0 Å². The molecule has 1 heterocycles. The van der Waals surface area contributed by atoms with E-state index in [2.05, 4.69) is 20.8 Å². The second kappa shape index (κ2) is 6.63. The van der Waals surface area contributed by atoms with Crippen molar-refractivity contribution in [3.05, 3.63) is 30.1 Å². The minimum absolute atomic E-state index is 0.127. The van der Waals surface area contributed by atoms with Crippen LogP contribution in [0.1, 0.15) is 31.2 Å². The Bertz CT molecular complexity index is 467. The van der Waals surface area contributed by atoms with E-state index in [1.165, 1.54) is 6.21 Å². The predicted molar refractivity (Wildman–Crippen MR) is 70.4 cm³/mol. The number of amides is 2. The lowest BCUT2D eigenvalue weighted by Crippen LogP contribution is -2.42. The third kappa shape index (κ3) is 4.17. The van der Waals surface area contributed by atoms with Crippen LogP contribution < -0.4 is 10.7 Å². The number of hydrogen-bond acceptors (Lipinski definition) is 4. The molecule has 0 spiro atoms. The molecule has 100 valence electrons. The highest BCUT2D eigenvalue weighted by Crippen LogP contribution is 2.17. The van der Waals surface area contributed by atoms with E-state index < -0.39 is 11.8 Å². The van der Waals surface area contributed by atoms with Gasteiger partial charge in [-0.25, -0.2) is 5.43 Å². The summed E-state index contributed by atoms with van der Waals surface area (Å²) in [6.45, 7) is 0. The molecule has 1 aliphatic carbocycles. The van der Waals surface area contributed by atoms with Gasteiger partial charge in [0.15, 0.2) is 0 Å². The van der Waals surface area contributed by atoms with E-state index in [1.807, 2.05) is 0 Å². The molecule has 0 saturated heterocycles. The molecule has 0 radical (unpaired) electrons. The van der Waals surface area contributed by atoms with Crippen LogP contribution in [0.15, 0.2) is 29.6 Å². The average molecular weight is 260 g/mol. The van der Waals surface area contributed by atoms with Crippen LogP contribution in [-0.4, -0.2) is 29.1 Å². The maximum Gasteiger partial charge on any atom is 0.329 e. The van der Waals surface area contributed by atoms with E-state index in [9.17, 15) is 9.59 Å². The molecule has 1 aliphatic rings. The maximum absolute atomic E-state index is 11.5. The molecule has 6 nitrogen and oxygen atoms in total. The largest absolute Gasteiger partial charge is 0.345 e. The van der Waals surface area contributed by atoms with Crippen molar-refractivity contribution >= 4 is 18.0 Å². The minimum Gasteiger partial charge on any atom is -0.345 e. The molecule has 0 unspecified atom stereocenters. The number of hydrazone groups is 1. The Balaban J connectivity index is 1.77. The molecule has 2 N–H and O–H groups in total. The van der Waals surface area contributed by atoms with E-state index in [-0.39, 0.29) is 6.04 Å². The molecular weight excluding hydrogens is 244 g/mol. The van der Waals surface area contributed by atoms with Crippen molar-refractivity contribution in [3.63, 3.8) is 0 Å². The zero-order valence-corrected chi connectivity index (χ0v) is 10.5. The van der Waals surface area contributed by atoms with Crippen LogP contribution in [0.25, 0.3) is 0 Å². The Labute approximate surface area is 111 Å². The number of hydrogen-bond donors (Lipinski definition) is 2. The smallest absolute Gasteiger partial charge is 0.329 e. The zero-order valence-electron chi connectivity index (χ0n) is 10.5. The van der Waals surface area contributed by atoms with Gasteiger partial charge in [0.05, 0.1) is 6.21 Å². The fourth-order valence-corrected chi connectivity index (χ4v) is 1.99. The van der Waals surface area contributed by atoms with E-state index in [0.717, 1.165) is 31.2 Å². The molecule has 0 aliphatic heterocycles. The summed E-state index contributed by atoms with van der Waals surface area (Å²) in [4.78, 5) is 26.9. The predicted octanol–water partition coefficient (Wildman–Crippen LogP) is 0.590. The molecule has 1 saturated carbocycles. The third-order valence-electron chi connectivity index (χ3n) is 2.98. The highest BCUT2D eigenvalue weighted by molar-refractivity contribution is 6.35. The van der Waals surface area contributed by atoms with E-state index in [4.69, 9.17) is 0 Å². The second-order valence-corrected chi connectivity index (χ2v) is 4.43. The summed E-state index contributed by atoms with van der Waals surface area (Å²) in [6, 6.07) is 3.62. The summed E-state index contributed by atoms with van der Waals surface area (Å²) in [7, 11) is 0. The molecule has 19 heavy (non-hydrogen) atoms. The first kappa shape index (κ1) is 13.2. The lowest BCUT2D eigenvalue weighted by Gasteiger charge is -2.10. The van der Waals surface area contributed by atoms with Crippen LogP contribution in [0.2, 0.25) is 0 Å². The van der Waals surface area contributed by atoms with Gasteiger partial charge in [-0.05, 0) is 30.5 Å². The highest BCUT2D eigenvalue weighted by atomic mass is 16.2. The maximum atomic E-state index is 11.5. The van der Waals surface area contributed by atoms with Crippen LogP contribution in [0.5, 0.6) is 0 Å². The summed E-state index contributed by atoms with van der Waals surface area (Å²) >= 11 is 0. The lowest BCUT2D eigenvalue weighted by molar-refractivity contribution is -0.139. The van der Waals surface area contributed by atoms with Gasteiger partial charge >= 0.3 is 11.8 Å². The number of carbonyl (C=O) groups excluding carboxylic acids is 2. The normalized spacial score (nSPS) is 15.6. The standard InChI is InChI=1S/C13H16N4O2/c18-12(16-11-3-1-2-4-11)13(19)17-15-9-10-5-7-14-8-6-10/h5-9,11H,1-4H2,(H,16,18)(H,17,19)/b15-9+. The quantitative estimate of drug-likeness (QED) is 0.474. The van der Waals surface area contributed by atoms with Gasteiger partial charge in [0, 0.05) is 18.4 Å². The second-order valence-electron chi connectivity index (χ2n) is 4.43. The first-order valence-corrected chi connectivity index (χ1v) is 6.29. The van der Waals surface area contributed by atoms with Crippen molar-refractivity contribution in [2.75, 3.05) is 0 Å². The van der Waals surface area contributed by atoms with Crippen molar-refractivity contribution in [1.29, 1.82) is 0 Å². The number of carbonyl (C=O) groups is 2. The van der Waals surface area contributed by atoms with Crippen LogP contribution in [0, 0.1) is 0 Å². The Morgan fingerprint density at radius 3 is 2.58 bits per heavy atom. The lowest BCUT2D eigenvalue weighted by atomic mass is 10.2. The van der Waals surface area contributed by atoms with Crippen LogP contribution in [0.3, 0.4) is 0 Å². The molecule has 1 aromatic rings. The zero-order chi connectivity index (χ0) is 13.5. The number of pyridine rings is 1. The van der Waals surface area contributed by atoms with Gasteiger partial charge < -0.3 is 5.32 Å². The third-order valence-corrected chi connectivity index (χ3v) is 2.98. The fourth-order valence-electron chi connectivity index (χ4n) is 1.99. The SMILES string of the molecule is O=C(N/N=C/c1ccncc1)C(=O)NC1CCCC1. The van der Waals surface area contributed by atoms with Crippen molar-refractivity contribution in [1.82, 2.24) is 15.7 Å². The van der Waals surface area contributed by atoms with Gasteiger partial charge in [0.1, 0.15) is 0 Å². The highest BCUT2D eigenvalue weighted by Gasteiger charge is 2.20. The molecule has 6 heteroatoms. The molecule has 1 fully saturated rings. The monoisotopic (exact) mass is 260 g/mol. The Kier molecular flexibility index (Phi) is 4.60. The summed E-state index contributed by atoms with van der Waals surface area (Å²) < 4.78 is 0. The summed E-state index contributed by atoms with van der Waals surface area (Å²) in [5, 5.41) is 6.42. The number of nitrogens with zero attached hydrogens (tertiary/aromatic N) is 2. The van der Waals surface area contributed by atoms with Crippen molar-refractivity contribution < 1.29 is 9.59 Å². The number of nitrogens with one attached hydrogen (secondary N) is 2. The first-order chi connectivity index (χ1) is 9.25. The van der Waals surface area contributed by atoms with Gasteiger partial charge in [-0.1, -0.05) is 12.8 Å². The summed E-state index contributed by atoms with van der Waals surface area (Å²) in [5.41, 5.74) is 3.00. The first-order valence-electron chi connectivity index (χ1n) is 6.29. The van der Waals surface area contributed by atoms with Crippen LogP contribution in [-0.2, 0) is 9.59 Å². The van der Waals surface area contributed by atoms with Crippen molar-refractivity contribution in [2.24, 2.45) is 5.10 Å². The van der Waals surface area contributed by atoms with Gasteiger partial charge in [0.25, 0.3) is 0 Å². The minimum atomic E-state index is -0.739. The average Bonchev–Trinajstić information content (AvgIpc) is 2.92. The Hall–Kier alpha value is -2.24. The Morgan fingerprint density at radius 2 is 1.89 bits per heavy atom. The molecule has 0 bridgehead atoms. The van der Waals surface area contributed by atoms with E-state index in [0.29, 0.717) is 0 Å². The molecule has 0 aromatic carbocycles. The van der Waals surface area contributed by atoms with E-state index in [1.54, 1.807) is 24.5 Å². The van der Waals surface area contributed by atoms with Crippen molar-refractivity contribution in [2.45, 2.75) is 31.7 Å².